The lowest BCUT2D eigenvalue weighted by Gasteiger charge is -2.34. The van der Waals surface area contributed by atoms with Gasteiger partial charge in [0.2, 0.25) is 0 Å². The van der Waals surface area contributed by atoms with Crippen molar-refractivity contribution < 1.29 is 18.0 Å². The first-order chi connectivity index (χ1) is 11.7. The van der Waals surface area contributed by atoms with Gasteiger partial charge in [0.05, 0.1) is 16.3 Å². The van der Waals surface area contributed by atoms with Crippen molar-refractivity contribution in [2.45, 2.75) is 26.6 Å². The van der Waals surface area contributed by atoms with E-state index in [0.717, 1.165) is 12.3 Å². The molecule has 0 atom stereocenters. The fourth-order valence-electron chi connectivity index (χ4n) is 2.46. The number of piperazine rings is 1. The molecule has 140 valence electrons. The van der Waals surface area contributed by atoms with E-state index < -0.39 is 11.7 Å². The van der Waals surface area contributed by atoms with E-state index in [9.17, 15) is 18.0 Å². The monoisotopic (exact) mass is 378 g/mol. The quantitative estimate of drug-likeness (QED) is 0.875. The lowest BCUT2D eigenvalue weighted by Crippen LogP contribution is -2.51. The Labute approximate surface area is 150 Å². The maximum Gasteiger partial charge on any atom is 0.417 e. The second-order valence-corrected chi connectivity index (χ2v) is 6.90. The van der Waals surface area contributed by atoms with Gasteiger partial charge in [-0.05, 0) is 12.0 Å². The molecule has 1 aliphatic rings. The molecule has 2 rings (SSSR count). The van der Waals surface area contributed by atoms with Crippen LogP contribution in [0.1, 0.15) is 25.1 Å². The van der Waals surface area contributed by atoms with Crippen LogP contribution in [0.25, 0.3) is 0 Å². The van der Waals surface area contributed by atoms with Gasteiger partial charge in [0, 0.05) is 45.5 Å². The van der Waals surface area contributed by atoms with Gasteiger partial charge in [0.15, 0.2) is 0 Å². The highest BCUT2D eigenvalue weighted by Crippen LogP contribution is 2.31. The van der Waals surface area contributed by atoms with Crippen molar-refractivity contribution in [3.8, 4) is 0 Å². The van der Waals surface area contributed by atoms with E-state index in [0.29, 0.717) is 50.9 Å². The Bertz CT molecular complexity index is 602. The molecule has 9 heteroatoms. The molecule has 0 spiro atoms. The Balaban J connectivity index is 1.87. The number of carbonyl (C=O) groups is 1. The van der Waals surface area contributed by atoms with Crippen molar-refractivity contribution in [2.24, 2.45) is 5.92 Å². The van der Waals surface area contributed by atoms with Crippen molar-refractivity contribution in [2.75, 3.05) is 32.7 Å². The molecule has 2 heterocycles. The number of pyridine rings is 1. The third-order valence-electron chi connectivity index (χ3n) is 3.94. The van der Waals surface area contributed by atoms with Crippen molar-refractivity contribution >= 4 is 17.6 Å². The molecule has 1 aliphatic heterocycles. The van der Waals surface area contributed by atoms with Crippen molar-refractivity contribution in [3.63, 3.8) is 0 Å². The molecule has 0 saturated carbocycles. The Morgan fingerprint density at radius 1 is 1.32 bits per heavy atom. The summed E-state index contributed by atoms with van der Waals surface area (Å²) >= 11 is 5.94. The van der Waals surface area contributed by atoms with Gasteiger partial charge in [-0.15, -0.1) is 0 Å². The lowest BCUT2D eigenvalue weighted by atomic mass is 10.2. The number of hydrogen-bond donors (Lipinski definition) is 1. The van der Waals surface area contributed by atoms with Gasteiger partial charge >= 0.3 is 12.2 Å². The SMILES string of the molecule is CC(C)CNC(=O)N1CCN(Cc2ncc(C(F)(F)F)cc2Cl)CC1. The number of nitrogens with zero attached hydrogens (tertiary/aromatic N) is 3. The van der Waals surface area contributed by atoms with Crippen molar-refractivity contribution in [1.82, 2.24) is 20.1 Å². The Kier molecular flexibility index (Phi) is 6.51. The average molecular weight is 379 g/mol. The summed E-state index contributed by atoms with van der Waals surface area (Å²) < 4.78 is 37.9. The van der Waals surface area contributed by atoms with Gasteiger partial charge in [0.25, 0.3) is 0 Å². The van der Waals surface area contributed by atoms with Gasteiger partial charge in [-0.1, -0.05) is 25.4 Å². The normalized spacial score (nSPS) is 16.4. The maximum atomic E-state index is 12.6. The molecule has 25 heavy (non-hydrogen) atoms. The first-order valence-corrected chi connectivity index (χ1v) is 8.51. The molecule has 0 radical (unpaired) electrons. The van der Waals surface area contributed by atoms with Crippen LogP contribution in [0.3, 0.4) is 0 Å². The van der Waals surface area contributed by atoms with Crippen LogP contribution in [0.2, 0.25) is 5.02 Å². The minimum Gasteiger partial charge on any atom is -0.338 e. The third-order valence-corrected chi connectivity index (χ3v) is 4.27. The van der Waals surface area contributed by atoms with E-state index in [-0.39, 0.29) is 11.1 Å². The van der Waals surface area contributed by atoms with E-state index in [1.807, 2.05) is 18.7 Å². The number of amides is 2. The zero-order chi connectivity index (χ0) is 18.6. The molecule has 5 nitrogen and oxygen atoms in total. The number of halogens is 4. The van der Waals surface area contributed by atoms with Gasteiger partial charge in [-0.3, -0.25) is 9.88 Å². The molecular formula is C16H22ClF3N4O. The molecule has 1 N–H and O–H groups in total. The highest BCUT2D eigenvalue weighted by molar-refractivity contribution is 6.31. The minimum absolute atomic E-state index is 0.00642. The number of hydrogen-bond acceptors (Lipinski definition) is 3. The molecule has 0 unspecified atom stereocenters. The second-order valence-electron chi connectivity index (χ2n) is 6.49. The Morgan fingerprint density at radius 3 is 2.48 bits per heavy atom. The molecule has 0 aromatic carbocycles. The summed E-state index contributed by atoms with van der Waals surface area (Å²) in [6.07, 6.45) is -3.65. The molecule has 1 fully saturated rings. The van der Waals surface area contributed by atoms with Gasteiger partial charge < -0.3 is 10.2 Å². The first kappa shape index (κ1) is 19.8. The van der Waals surface area contributed by atoms with E-state index in [4.69, 9.17) is 11.6 Å². The average Bonchev–Trinajstić information content (AvgIpc) is 2.54. The summed E-state index contributed by atoms with van der Waals surface area (Å²) in [6.45, 7) is 7.40. The number of aromatic nitrogens is 1. The summed E-state index contributed by atoms with van der Waals surface area (Å²) in [6, 6.07) is 0.818. The summed E-state index contributed by atoms with van der Waals surface area (Å²) in [5.41, 5.74) is -0.444. The highest BCUT2D eigenvalue weighted by Gasteiger charge is 2.32. The Morgan fingerprint density at radius 2 is 1.96 bits per heavy atom. The molecule has 0 aliphatic carbocycles. The molecule has 0 bridgehead atoms. The Hall–Kier alpha value is -1.54. The second kappa shape index (κ2) is 8.23. The van der Waals surface area contributed by atoms with Gasteiger partial charge in [-0.2, -0.15) is 13.2 Å². The lowest BCUT2D eigenvalue weighted by molar-refractivity contribution is -0.137. The summed E-state index contributed by atoms with van der Waals surface area (Å²) in [5.74, 6) is 0.387. The van der Waals surface area contributed by atoms with Crippen molar-refractivity contribution in [3.05, 3.63) is 28.5 Å². The van der Waals surface area contributed by atoms with Gasteiger partial charge in [-0.25, -0.2) is 4.79 Å². The van der Waals surface area contributed by atoms with Crippen LogP contribution >= 0.6 is 11.6 Å². The molecule has 1 saturated heterocycles. The van der Waals surface area contributed by atoms with E-state index in [1.54, 1.807) is 4.90 Å². The van der Waals surface area contributed by atoms with Crippen LogP contribution in [0.15, 0.2) is 12.3 Å². The van der Waals surface area contributed by atoms with Crippen LogP contribution in [0.4, 0.5) is 18.0 Å². The number of rotatable bonds is 4. The fraction of sp³-hybridized carbons (Fsp3) is 0.625. The maximum absolute atomic E-state index is 12.6. The predicted octanol–water partition coefficient (Wildman–Crippen LogP) is 3.24. The number of nitrogens with one attached hydrogen (secondary N) is 1. The predicted molar refractivity (Wildman–Crippen MR) is 89.3 cm³/mol. The summed E-state index contributed by atoms with van der Waals surface area (Å²) in [4.78, 5) is 19.6. The fourth-order valence-corrected chi connectivity index (χ4v) is 2.69. The molecule has 1 aromatic heterocycles. The number of urea groups is 1. The smallest absolute Gasteiger partial charge is 0.338 e. The van der Waals surface area contributed by atoms with E-state index >= 15 is 0 Å². The topological polar surface area (TPSA) is 48.5 Å². The molecular weight excluding hydrogens is 357 g/mol. The van der Waals surface area contributed by atoms with Crippen LogP contribution in [0, 0.1) is 5.92 Å². The molecule has 1 aromatic rings. The summed E-state index contributed by atoms with van der Waals surface area (Å²) in [5, 5.41) is 2.88. The van der Waals surface area contributed by atoms with Crippen LogP contribution in [0.5, 0.6) is 0 Å². The largest absolute Gasteiger partial charge is 0.417 e. The van der Waals surface area contributed by atoms with Gasteiger partial charge in [0.1, 0.15) is 0 Å². The van der Waals surface area contributed by atoms with Crippen molar-refractivity contribution in [1.29, 1.82) is 0 Å². The zero-order valence-corrected chi connectivity index (χ0v) is 15.0. The standard InChI is InChI=1S/C16H22ClF3N4O/c1-11(2)8-22-15(25)24-5-3-23(4-6-24)10-14-13(17)7-12(9-21-14)16(18,19)20/h7,9,11H,3-6,8,10H2,1-2H3,(H,22,25). The minimum atomic E-state index is -4.45. The third kappa shape index (κ3) is 5.74. The molecule has 2 amide bonds. The number of alkyl halides is 3. The zero-order valence-electron chi connectivity index (χ0n) is 14.2. The van der Waals surface area contributed by atoms with Crippen LogP contribution in [-0.2, 0) is 12.7 Å². The highest BCUT2D eigenvalue weighted by atomic mass is 35.5. The number of carbonyl (C=O) groups excluding carboxylic acids is 1. The summed E-state index contributed by atoms with van der Waals surface area (Å²) in [7, 11) is 0. The van der Waals surface area contributed by atoms with Crippen LogP contribution < -0.4 is 5.32 Å². The van der Waals surface area contributed by atoms with E-state index in [1.165, 1.54) is 0 Å². The van der Waals surface area contributed by atoms with E-state index in [2.05, 4.69) is 10.3 Å². The first-order valence-electron chi connectivity index (χ1n) is 8.13. The van der Waals surface area contributed by atoms with Crippen LogP contribution in [-0.4, -0.2) is 53.5 Å².